The van der Waals surface area contributed by atoms with Crippen LogP contribution < -0.4 is 4.90 Å². The number of amides is 1. The van der Waals surface area contributed by atoms with Crippen molar-refractivity contribution < 1.29 is 4.79 Å². The summed E-state index contributed by atoms with van der Waals surface area (Å²) < 4.78 is 0.841. The van der Waals surface area contributed by atoms with E-state index in [1.165, 1.54) is 0 Å². The quantitative estimate of drug-likeness (QED) is 0.667. The maximum atomic E-state index is 12.6. The molecule has 0 bridgehead atoms. The molecule has 4 rings (SSSR count). The van der Waals surface area contributed by atoms with Gasteiger partial charge in [0.15, 0.2) is 0 Å². The normalized spacial score (nSPS) is 13.8. The van der Waals surface area contributed by atoms with Gasteiger partial charge in [0, 0.05) is 9.86 Å². The lowest BCUT2D eigenvalue weighted by Gasteiger charge is -2.15. The number of hydrogen-bond donors (Lipinski definition) is 0. The first-order valence-electron chi connectivity index (χ1n) is 6.69. The second kappa shape index (κ2) is 4.67. The smallest absolute Gasteiger partial charge is 0.261 e. The Morgan fingerprint density at radius 2 is 1.86 bits per heavy atom. The molecule has 0 atom stereocenters. The molecule has 4 heteroatoms. The third-order valence-electron chi connectivity index (χ3n) is 3.75. The molecular formula is C17H11BrN2O. The number of anilines is 1. The number of halogens is 1. The monoisotopic (exact) mass is 338 g/mol. The number of aromatic nitrogens is 1. The van der Waals surface area contributed by atoms with Crippen molar-refractivity contribution in [1.29, 1.82) is 0 Å². The molecule has 0 saturated carbocycles. The van der Waals surface area contributed by atoms with E-state index in [2.05, 4.69) is 20.9 Å². The maximum Gasteiger partial charge on any atom is 0.261 e. The van der Waals surface area contributed by atoms with Gasteiger partial charge in [0.25, 0.3) is 5.91 Å². The summed E-state index contributed by atoms with van der Waals surface area (Å²) in [7, 11) is 0. The predicted molar refractivity (Wildman–Crippen MR) is 86.4 cm³/mol. The number of pyridine rings is 1. The Labute approximate surface area is 130 Å². The minimum absolute atomic E-state index is 0.000237. The molecular weight excluding hydrogens is 328 g/mol. The predicted octanol–water partition coefficient (Wildman–Crippen LogP) is 4.16. The molecule has 0 fully saturated rings. The van der Waals surface area contributed by atoms with Crippen molar-refractivity contribution in [3.63, 3.8) is 0 Å². The summed E-state index contributed by atoms with van der Waals surface area (Å²) in [6.45, 7) is 0.568. The number of nitrogens with zero attached hydrogens (tertiary/aromatic N) is 2. The number of hydrogen-bond acceptors (Lipinski definition) is 2. The van der Waals surface area contributed by atoms with Gasteiger partial charge in [0.05, 0.1) is 17.6 Å². The van der Waals surface area contributed by atoms with Crippen LogP contribution >= 0.6 is 15.9 Å². The van der Waals surface area contributed by atoms with Crippen LogP contribution in [0.15, 0.2) is 59.1 Å². The van der Waals surface area contributed by atoms with Gasteiger partial charge in [0.2, 0.25) is 0 Å². The van der Waals surface area contributed by atoms with Crippen LogP contribution in [0.5, 0.6) is 0 Å². The van der Waals surface area contributed by atoms with Gasteiger partial charge >= 0.3 is 0 Å². The van der Waals surface area contributed by atoms with E-state index in [4.69, 9.17) is 0 Å². The number of benzene rings is 2. The molecule has 0 saturated heterocycles. The van der Waals surface area contributed by atoms with Crippen molar-refractivity contribution in [2.75, 3.05) is 4.90 Å². The summed E-state index contributed by atoms with van der Waals surface area (Å²) in [4.78, 5) is 18.9. The number of para-hydroxylation sites is 1. The van der Waals surface area contributed by atoms with E-state index in [0.29, 0.717) is 12.4 Å². The molecule has 0 radical (unpaired) electrons. The lowest BCUT2D eigenvalue weighted by Crippen LogP contribution is -2.24. The molecule has 1 aromatic heterocycles. The van der Waals surface area contributed by atoms with Gasteiger partial charge < -0.3 is 0 Å². The Morgan fingerprint density at radius 1 is 1.00 bits per heavy atom. The fourth-order valence-electron chi connectivity index (χ4n) is 2.71. The summed E-state index contributed by atoms with van der Waals surface area (Å²) in [5.74, 6) is 0.696. The number of carbonyl (C=O) groups excluding carboxylic acids is 1. The molecule has 0 unspecified atom stereocenters. The van der Waals surface area contributed by atoms with Crippen molar-refractivity contribution in [3.8, 4) is 0 Å². The summed E-state index contributed by atoms with van der Waals surface area (Å²) in [5, 5.41) is 1.08. The molecule has 1 aliphatic heterocycles. The number of fused-ring (bicyclic) bond motifs is 2. The maximum absolute atomic E-state index is 12.6. The average Bonchev–Trinajstić information content (AvgIpc) is 2.85. The summed E-state index contributed by atoms with van der Waals surface area (Å²) in [6.07, 6.45) is 0. The third-order valence-corrected chi connectivity index (χ3v) is 4.41. The van der Waals surface area contributed by atoms with Crippen LogP contribution in [0.3, 0.4) is 0 Å². The van der Waals surface area contributed by atoms with Crippen LogP contribution in [0.4, 0.5) is 5.82 Å². The second-order valence-corrected chi connectivity index (χ2v) is 5.88. The molecule has 0 N–H and O–H groups in total. The highest BCUT2D eigenvalue weighted by molar-refractivity contribution is 9.10. The first kappa shape index (κ1) is 12.5. The molecule has 2 heterocycles. The summed E-state index contributed by atoms with van der Waals surface area (Å²) >= 11 is 3.46. The Hall–Kier alpha value is -2.20. The molecule has 1 aliphatic rings. The standard InChI is InChI=1S/C17H11BrN2O/c18-13-6-3-5-12-10-20(17(21)16(12)13)15-9-8-11-4-1-2-7-14(11)19-15/h1-9H,10H2. The van der Waals surface area contributed by atoms with Gasteiger partial charge in [-0.05, 0) is 45.8 Å². The zero-order chi connectivity index (χ0) is 14.4. The highest BCUT2D eigenvalue weighted by atomic mass is 79.9. The fraction of sp³-hybridized carbons (Fsp3) is 0.0588. The van der Waals surface area contributed by atoms with Crippen LogP contribution in [0.25, 0.3) is 10.9 Å². The Balaban J connectivity index is 1.81. The van der Waals surface area contributed by atoms with Gasteiger partial charge in [-0.15, -0.1) is 0 Å². The van der Waals surface area contributed by atoms with Crippen LogP contribution in [0, 0.1) is 0 Å². The SMILES string of the molecule is O=C1c2c(Br)cccc2CN1c1ccc2ccccc2n1. The fourth-order valence-corrected chi connectivity index (χ4v) is 3.28. The topological polar surface area (TPSA) is 33.2 Å². The van der Waals surface area contributed by atoms with E-state index in [1.54, 1.807) is 4.90 Å². The number of rotatable bonds is 1. The van der Waals surface area contributed by atoms with Crippen LogP contribution in [0.1, 0.15) is 15.9 Å². The molecule has 21 heavy (non-hydrogen) atoms. The van der Waals surface area contributed by atoms with E-state index < -0.39 is 0 Å². The molecule has 2 aromatic carbocycles. The molecule has 3 nitrogen and oxygen atoms in total. The minimum atomic E-state index is 0.000237. The van der Waals surface area contributed by atoms with Crippen LogP contribution in [-0.4, -0.2) is 10.9 Å². The van der Waals surface area contributed by atoms with Gasteiger partial charge in [-0.3, -0.25) is 9.69 Å². The summed E-state index contributed by atoms with van der Waals surface area (Å²) in [6, 6.07) is 17.7. The second-order valence-electron chi connectivity index (χ2n) is 5.03. The van der Waals surface area contributed by atoms with E-state index in [-0.39, 0.29) is 5.91 Å². The zero-order valence-electron chi connectivity index (χ0n) is 11.1. The van der Waals surface area contributed by atoms with E-state index in [9.17, 15) is 4.79 Å². The lowest BCUT2D eigenvalue weighted by molar-refractivity contribution is 0.0995. The number of carbonyl (C=O) groups is 1. The van der Waals surface area contributed by atoms with Crippen molar-refractivity contribution in [2.24, 2.45) is 0 Å². The lowest BCUT2D eigenvalue weighted by atomic mass is 10.1. The highest BCUT2D eigenvalue weighted by Crippen LogP contribution is 2.32. The largest absolute Gasteiger partial charge is 0.288 e. The van der Waals surface area contributed by atoms with Gasteiger partial charge in [-0.2, -0.15) is 0 Å². The molecule has 102 valence electrons. The minimum Gasteiger partial charge on any atom is -0.288 e. The Morgan fingerprint density at radius 3 is 2.71 bits per heavy atom. The Kier molecular flexibility index (Phi) is 2.79. The molecule has 1 amide bonds. The van der Waals surface area contributed by atoms with Crippen molar-refractivity contribution in [2.45, 2.75) is 6.54 Å². The Bertz CT molecular complexity index is 876. The van der Waals surface area contributed by atoms with E-state index in [1.807, 2.05) is 54.6 Å². The third kappa shape index (κ3) is 1.94. The van der Waals surface area contributed by atoms with Gasteiger partial charge in [-0.1, -0.05) is 30.3 Å². The summed E-state index contributed by atoms with van der Waals surface area (Å²) in [5.41, 5.74) is 2.68. The molecule has 0 aliphatic carbocycles. The van der Waals surface area contributed by atoms with Crippen molar-refractivity contribution in [1.82, 2.24) is 4.98 Å². The van der Waals surface area contributed by atoms with Gasteiger partial charge in [-0.25, -0.2) is 4.98 Å². The zero-order valence-corrected chi connectivity index (χ0v) is 12.7. The van der Waals surface area contributed by atoms with Crippen molar-refractivity contribution >= 4 is 38.6 Å². The van der Waals surface area contributed by atoms with Crippen molar-refractivity contribution in [3.05, 3.63) is 70.2 Å². The first-order chi connectivity index (χ1) is 10.2. The first-order valence-corrected chi connectivity index (χ1v) is 7.48. The van der Waals surface area contributed by atoms with Crippen LogP contribution in [0.2, 0.25) is 0 Å². The van der Waals surface area contributed by atoms with E-state index in [0.717, 1.165) is 26.5 Å². The molecule has 3 aromatic rings. The van der Waals surface area contributed by atoms with E-state index >= 15 is 0 Å². The van der Waals surface area contributed by atoms with Crippen LogP contribution in [-0.2, 0) is 6.54 Å². The molecule has 0 spiro atoms. The van der Waals surface area contributed by atoms with Gasteiger partial charge in [0.1, 0.15) is 5.82 Å². The highest BCUT2D eigenvalue weighted by Gasteiger charge is 2.30. The average molecular weight is 339 g/mol.